The third-order valence-electron chi connectivity index (χ3n) is 8.36. The molecule has 0 radical (unpaired) electrons. The molecule has 0 bridgehead atoms. The van der Waals surface area contributed by atoms with E-state index in [1.807, 2.05) is 0 Å². The predicted octanol–water partition coefficient (Wildman–Crippen LogP) is 2.93. The highest BCUT2D eigenvalue weighted by Gasteiger charge is 2.61. The van der Waals surface area contributed by atoms with Gasteiger partial charge in [-0.15, -0.1) is 0 Å². The lowest BCUT2D eigenvalue weighted by Gasteiger charge is -2.61. The van der Waals surface area contributed by atoms with Crippen molar-refractivity contribution in [3.05, 3.63) is 0 Å². The minimum atomic E-state index is -0.292. The normalized spacial score (nSPS) is 57.9. The van der Waals surface area contributed by atoms with Crippen molar-refractivity contribution in [3.8, 4) is 0 Å². The first-order valence-corrected chi connectivity index (χ1v) is 9.25. The Morgan fingerprint density at radius 1 is 0.955 bits per heavy atom. The van der Waals surface area contributed by atoms with Gasteiger partial charge in [-0.05, 0) is 74.0 Å². The third kappa shape index (κ3) is 1.84. The van der Waals surface area contributed by atoms with Crippen LogP contribution in [0.3, 0.4) is 0 Å². The van der Waals surface area contributed by atoms with Gasteiger partial charge in [-0.3, -0.25) is 4.79 Å². The van der Waals surface area contributed by atoms with E-state index in [1.165, 1.54) is 0 Å². The molecule has 0 aliphatic heterocycles. The molecule has 4 fully saturated rings. The number of Topliss-reactive ketones (excluding diaryl/α,β-unsaturated/α-hetero) is 1. The summed E-state index contributed by atoms with van der Waals surface area (Å²) in [4.78, 5) is 12.4. The number of carbonyl (C=O) groups is 1. The van der Waals surface area contributed by atoms with E-state index in [9.17, 15) is 15.0 Å². The Kier molecular flexibility index (Phi) is 3.30. The summed E-state index contributed by atoms with van der Waals surface area (Å²) in [6.45, 7) is 4.55. The number of carbonyl (C=O) groups excluding carboxylic acids is 1. The van der Waals surface area contributed by atoms with Crippen LogP contribution in [0.25, 0.3) is 0 Å². The van der Waals surface area contributed by atoms with Gasteiger partial charge >= 0.3 is 0 Å². The van der Waals surface area contributed by atoms with E-state index in [0.717, 1.165) is 51.4 Å². The molecule has 124 valence electrons. The van der Waals surface area contributed by atoms with Crippen LogP contribution in [0.5, 0.6) is 0 Å². The molecule has 0 amide bonds. The number of fused-ring (bicyclic) bond motifs is 5. The van der Waals surface area contributed by atoms with E-state index < -0.39 is 0 Å². The second kappa shape index (κ2) is 4.80. The van der Waals surface area contributed by atoms with E-state index >= 15 is 0 Å². The predicted molar refractivity (Wildman–Crippen MR) is 84.1 cm³/mol. The van der Waals surface area contributed by atoms with Crippen LogP contribution in [0.15, 0.2) is 0 Å². The van der Waals surface area contributed by atoms with Gasteiger partial charge < -0.3 is 10.2 Å². The minimum absolute atomic E-state index is 0.113. The monoisotopic (exact) mass is 306 g/mol. The van der Waals surface area contributed by atoms with Crippen LogP contribution < -0.4 is 0 Å². The fourth-order valence-electron chi connectivity index (χ4n) is 7.05. The maximum Gasteiger partial charge on any atom is 0.139 e. The van der Waals surface area contributed by atoms with Gasteiger partial charge in [-0.25, -0.2) is 0 Å². The molecule has 4 aliphatic rings. The highest BCUT2D eigenvalue weighted by atomic mass is 16.3. The van der Waals surface area contributed by atoms with Crippen molar-refractivity contribution < 1.29 is 15.0 Å². The molecule has 22 heavy (non-hydrogen) atoms. The van der Waals surface area contributed by atoms with Crippen LogP contribution in [-0.4, -0.2) is 28.2 Å². The molecular formula is C19H30O3. The van der Waals surface area contributed by atoms with Gasteiger partial charge in [-0.1, -0.05) is 13.8 Å². The lowest BCUT2D eigenvalue weighted by atomic mass is 9.44. The summed E-state index contributed by atoms with van der Waals surface area (Å²) in [5.74, 6) is 2.35. The van der Waals surface area contributed by atoms with Crippen LogP contribution in [0.2, 0.25) is 0 Å². The van der Waals surface area contributed by atoms with Crippen LogP contribution in [0.1, 0.15) is 65.2 Å². The van der Waals surface area contributed by atoms with Gasteiger partial charge in [-0.2, -0.15) is 0 Å². The van der Waals surface area contributed by atoms with Crippen molar-refractivity contribution in [1.82, 2.24) is 0 Å². The lowest BCUT2D eigenvalue weighted by molar-refractivity contribution is -0.170. The van der Waals surface area contributed by atoms with Gasteiger partial charge in [0.1, 0.15) is 5.78 Å². The summed E-state index contributed by atoms with van der Waals surface area (Å²) in [5, 5.41) is 20.8. The average molecular weight is 306 g/mol. The second-order valence-electron chi connectivity index (χ2n) is 9.14. The first-order valence-electron chi connectivity index (χ1n) is 9.25. The summed E-state index contributed by atoms with van der Waals surface area (Å²) in [6.07, 6.45) is 6.97. The molecule has 4 rings (SSSR count). The Hall–Kier alpha value is -0.410. The summed E-state index contributed by atoms with van der Waals surface area (Å²) < 4.78 is 0. The first-order chi connectivity index (χ1) is 10.4. The maximum atomic E-state index is 12.4. The topological polar surface area (TPSA) is 57.5 Å². The van der Waals surface area contributed by atoms with Gasteiger partial charge in [0.15, 0.2) is 0 Å². The fraction of sp³-hybridized carbons (Fsp3) is 0.947. The van der Waals surface area contributed by atoms with Crippen molar-refractivity contribution in [2.45, 2.75) is 77.4 Å². The van der Waals surface area contributed by atoms with Crippen molar-refractivity contribution in [1.29, 1.82) is 0 Å². The SMILES string of the molecule is C[C@]12CC[C@H](O)C[C@@H]1[C@@H](O)CC1[C@@H]2CC[C@]2(C)C(=O)CC[C@@H]12. The summed E-state index contributed by atoms with van der Waals surface area (Å²) in [6, 6.07) is 0. The maximum absolute atomic E-state index is 12.4. The highest BCUT2D eigenvalue weighted by Crippen LogP contribution is 2.65. The molecule has 4 saturated carbocycles. The van der Waals surface area contributed by atoms with Gasteiger partial charge in [0.05, 0.1) is 12.2 Å². The summed E-state index contributed by atoms with van der Waals surface area (Å²) >= 11 is 0. The van der Waals surface area contributed by atoms with Crippen molar-refractivity contribution in [3.63, 3.8) is 0 Å². The molecule has 8 atom stereocenters. The van der Waals surface area contributed by atoms with Crippen molar-refractivity contribution >= 4 is 5.78 Å². The zero-order valence-electron chi connectivity index (χ0n) is 13.9. The molecule has 0 aromatic carbocycles. The third-order valence-corrected chi connectivity index (χ3v) is 8.36. The van der Waals surface area contributed by atoms with Gasteiger partial charge in [0, 0.05) is 11.8 Å². The Morgan fingerprint density at radius 3 is 2.50 bits per heavy atom. The Labute approximate surface area is 133 Å². The molecule has 3 heteroatoms. The summed E-state index contributed by atoms with van der Waals surface area (Å²) in [7, 11) is 0. The molecule has 0 spiro atoms. The Bertz CT molecular complexity index is 489. The smallest absolute Gasteiger partial charge is 0.139 e. The quantitative estimate of drug-likeness (QED) is 0.723. The standard InChI is InChI=1S/C19H30O3/c1-18-7-5-11(20)9-15(18)16(21)10-12-13-3-4-17(22)19(13,2)8-6-14(12)18/h11-16,20-21H,3-10H2,1-2H3/t11-,12?,13-,14-,15+,16-,18+,19-/m0/s1. The van der Waals surface area contributed by atoms with E-state index in [1.54, 1.807) is 0 Å². The fourth-order valence-corrected chi connectivity index (χ4v) is 7.05. The van der Waals surface area contributed by atoms with Crippen LogP contribution in [0, 0.1) is 34.5 Å². The van der Waals surface area contributed by atoms with Crippen LogP contribution >= 0.6 is 0 Å². The van der Waals surface area contributed by atoms with E-state index in [-0.39, 0.29) is 29.0 Å². The molecule has 4 aliphatic carbocycles. The number of hydrogen-bond donors (Lipinski definition) is 2. The lowest BCUT2D eigenvalue weighted by Crippen LogP contribution is -2.58. The highest BCUT2D eigenvalue weighted by molar-refractivity contribution is 5.87. The van der Waals surface area contributed by atoms with E-state index in [4.69, 9.17) is 0 Å². The van der Waals surface area contributed by atoms with Crippen molar-refractivity contribution in [2.75, 3.05) is 0 Å². The number of aliphatic hydroxyl groups is 2. The molecule has 3 nitrogen and oxygen atoms in total. The zero-order valence-corrected chi connectivity index (χ0v) is 13.9. The molecule has 0 aromatic rings. The van der Waals surface area contributed by atoms with Crippen LogP contribution in [0.4, 0.5) is 0 Å². The first kappa shape index (κ1) is 15.1. The largest absolute Gasteiger partial charge is 0.393 e. The number of rotatable bonds is 0. The zero-order chi connectivity index (χ0) is 15.7. The Morgan fingerprint density at radius 2 is 1.73 bits per heavy atom. The van der Waals surface area contributed by atoms with Crippen molar-refractivity contribution in [2.24, 2.45) is 34.5 Å². The van der Waals surface area contributed by atoms with E-state index in [2.05, 4.69) is 13.8 Å². The molecule has 0 saturated heterocycles. The number of hydrogen-bond acceptors (Lipinski definition) is 3. The number of aliphatic hydroxyl groups excluding tert-OH is 2. The summed E-state index contributed by atoms with van der Waals surface area (Å²) in [5.41, 5.74) is 0.0484. The number of ketones is 1. The molecule has 1 unspecified atom stereocenters. The molecule has 0 heterocycles. The second-order valence-corrected chi connectivity index (χ2v) is 9.14. The van der Waals surface area contributed by atoms with Crippen LogP contribution in [-0.2, 0) is 4.79 Å². The molecular weight excluding hydrogens is 276 g/mol. The van der Waals surface area contributed by atoms with E-state index in [0.29, 0.717) is 23.5 Å². The van der Waals surface area contributed by atoms with Gasteiger partial charge in [0.2, 0.25) is 0 Å². The Balaban J connectivity index is 1.68. The van der Waals surface area contributed by atoms with Gasteiger partial charge in [0.25, 0.3) is 0 Å². The molecule has 0 aromatic heterocycles. The molecule has 2 N–H and O–H groups in total. The average Bonchev–Trinajstić information content (AvgIpc) is 2.77. The minimum Gasteiger partial charge on any atom is -0.393 e.